The largest absolute Gasteiger partial charge is 0.432 e. The van der Waals surface area contributed by atoms with E-state index in [0.29, 0.717) is 58.5 Å². The minimum atomic E-state index is -3.00. The molecule has 0 aliphatic carbocycles. The highest BCUT2D eigenvalue weighted by molar-refractivity contribution is 6.71. The molecule has 2 aliphatic heterocycles. The van der Waals surface area contributed by atoms with Crippen molar-refractivity contribution in [2.75, 3.05) is 11.5 Å². The van der Waals surface area contributed by atoms with Crippen LogP contribution in [0, 0.1) is 5.92 Å². The van der Waals surface area contributed by atoms with Crippen molar-refractivity contribution in [3.05, 3.63) is 147 Å². The van der Waals surface area contributed by atoms with Crippen LogP contribution in [0.15, 0.2) is 119 Å². The Bertz CT molecular complexity index is 2850. The molecule has 58 heavy (non-hydrogen) atoms. The van der Waals surface area contributed by atoms with Crippen LogP contribution >= 0.6 is 0 Å². The lowest BCUT2D eigenvalue weighted by Gasteiger charge is -2.32. The topological polar surface area (TPSA) is 170 Å². The molecule has 0 saturated carbocycles. The minimum absolute atomic E-state index is 0.0408. The van der Waals surface area contributed by atoms with Crippen molar-refractivity contribution in [2.24, 2.45) is 5.92 Å². The van der Waals surface area contributed by atoms with Crippen LogP contribution in [-0.2, 0) is 34.6 Å². The summed E-state index contributed by atoms with van der Waals surface area (Å²) in [6.45, 7) is 6.25. The highest BCUT2D eigenvalue weighted by Crippen LogP contribution is 2.60. The normalized spacial score (nSPS) is 20.5. The first-order chi connectivity index (χ1) is 28.0. The molecule has 1 saturated heterocycles. The van der Waals surface area contributed by atoms with Gasteiger partial charge in [-0.25, -0.2) is 0 Å². The molecule has 0 unspecified atom stereocenters. The number of hydrogen-bond acceptors (Lipinski definition) is 10. The van der Waals surface area contributed by atoms with E-state index < -0.39 is 25.9 Å². The van der Waals surface area contributed by atoms with E-state index in [1.54, 1.807) is 46.4 Å². The number of aromatic nitrogens is 7. The summed E-state index contributed by atoms with van der Waals surface area (Å²) < 4.78 is 11.5. The first kappa shape index (κ1) is 37.4. The quantitative estimate of drug-likeness (QED) is 0.186. The van der Waals surface area contributed by atoms with Gasteiger partial charge in [-0.05, 0) is 67.5 Å². The number of aryl methyl sites for hydroxylation is 1. The van der Waals surface area contributed by atoms with E-state index in [9.17, 15) is 19.5 Å². The molecule has 4 atom stereocenters. The zero-order valence-corrected chi connectivity index (χ0v) is 33.3. The zero-order chi connectivity index (χ0) is 40.3. The second kappa shape index (κ2) is 14.4. The van der Waals surface area contributed by atoms with Crippen molar-refractivity contribution in [3.63, 3.8) is 0 Å². The van der Waals surface area contributed by atoms with Crippen LogP contribution in [0.25, 0.3) is 32.9 Å². The zero-order valence-electron chi connectivity index (χ0n) is 32.3. The molecule has 294 valence electrons. The number of ether oxygens (including phenoxy) is 1. The van der Waals surface area contributed by atoms with Gasteiger partial charge in [0, 0.05) is 53.6 Å². The summed E-state index contributed by atoms with van der Waals surface area (Å²) in [6, 6.07) is 27.4. The number of hydrogen-bond donors (Lipinski definition) is 2. The monoisotopic (exact) mass is 794 g/mol. The number of nitrogens with zero attached hydrogens (tertiary/aromatic N) is 8. The molecule has 0 radical (unpaired) electrons. The summed E-state index contributed by atoms with van der Waals surface area (Å²) >= 11 is 0. The third kappa shape index (κ3) is 6.18. The molecular formula is C43H42N8O6Si. The van der Waals surface area contributed by atoms with E-state index in [0.717, 1.165) is 16.3 Å². The second-order valence-electron chi connectivity index (χ2n) is 15.8. The second-order valence-corrected chi connectivity index (χ2v) is 19.7. The van der Waals surface area contributed by atoms with Gasteiger partial charge >= 0.3 is 0 Å². The number of aliphatic hydroxyl groups is 1. The van der Waals surface area contributed by atoms with Crippen molar-refractivity contribution in [1.82, 2.24) is 34.6 Å². The maximum atomic E-state index is 15.3. The average Bonchev–Trinajstić information content (AvgIpc) is 3.87. The van der Waals surface area contributed by atoms with Crippen molar-refractivity contribution < 1.29 is 19.4 Å². The van der Waals surface area contributed by atoms with Crippen LogP contribution in [0.5, 0.6) is 0 Å². The third-order valence-electron chi connectivity index (χ3n) is 11.7. The smallest absolute Gasteiger partial charge is 0.279 e. The molecule has 7 aromatic rings. The van der Waals surface area contributed by atoms with Gasteiger partial charge in [-0.1, -0.05) is 60.7 Å². The van der Waals surface area contributed by atoms with Crippen molar-refractivity contribution in [1.29, 1.82) is 0 Å². The third-order valence-corrected chi connectivity index (χ3v) is 14.2. The minimum Gasteiger partial charge on any atom is -0.432 e. The molecule has 0 bridgehead atoms. The maximum Gasteiger partial charge on any atom is 0.279 e. The van der Waals surface area contributed by atoms with Crippen molar-refractivity contribution in [2.45, 2.75) is 63.2 Å². The number of aliphatic hydroxyl groups excluding tert-OH is 1. The van der Waals surface area contributed by atoms with Gasteiger partial charge in [-0.2, -0.15) is 19.6 Å². The number of amides is 1. The van der Waals surface area contributed by atoms with E-state index in [4.69, 9.17) is 4.74 Å². The Morgan fingerprint density at radius 1 is 0.828 bits per heavy atom. The number of carbonyl (C=O) groups excluding carboxylic acids is 1. The predicted octanol–water partition coefficient (Wildman–Crippen LogP) is 4.65. The number of benzene rings is 4. The summed E-state index contributed by atoms with van der Waals surface area (Å²) in [6.07, 6.45) is 5.40. The first-order valence-corrected chi connectivity index (χ1v) is 22.4. The van der Waals surface area contributed by atoms with E-state index in [1.165, 1.54) is 9.36 Å². The van der Waals surface area contributed by atoms with Gasteiger partial charge in [-0.15, -0.1) is 5.10 Å². The van der Waals surface area contributed by atoms with E-state index in [2.05, 4.69) is 20.5 Å². The lowest BCUT2D eigenvalue weighted by Crippen LogP contribution is -2.46. The molecule has 4 aromatic carbocycles. The van der Waals surface area contributed by atoms with Crippen LogP contribution in [0.3, 0.4) is 0 Å². The Kier molecular flexibility index (Phi) is 9.27. The standard InChI is InChI=1S/C43H42N8O6Si/c1-27-39(58(2,3)56)38(17-19-48-26-31(18-20-52)46-47-48)57-43(27)36-22-33(51-41(54)35-14-7-5-11-30(35)24-45-51)15-16-37(36)49(42(43)55)25-28-9-8-12-32(21-28)50-40(53)34-13-6-4-10-29(34)23-44-50/h4-16,21-24,26-27,38-39,52,56H,17-20,25H2,1-3H3/t27-,38+,39-,43+/m0/s1. The molecule has 2 N–H and O–H groups in total. The number of rotatable bonds is 10. The average molecular weight is 795 g/mol. The van der Waals surface area contributed by atoms with Gasteiger partial charge in [0.05, 0.1) is 58.6 Å². The van der Waals surface area contributed by atoms with Gasteiger partial charge in [-0.3, -0.25) is 19.1 Å². The lowest BCUT2D eigenvalue weighted by molar-refractivity contribution is -0.146. The van der Waals surface area contributed by atoms with Gasteiger partial charge < -0.3 is 19.5 Å². The number of anilines is 1. The van der Waals surface area contributed by atoms with Gasteiger partial charge in [0.2, 0.25) is 0 Å². The molecule has 1 fully saturated rings. The van der Waals surface area contributed by atoms with Crippen molar-refractivity contribution >= 4 is 41.5 Å². The van der Waals surface area contributed by atoms with Crippen LogP contribution in [0.4, 0.5) is 5.69 Å². The fraction of sp³-hybridized carbons (Fsp3) is 0.279. The van der Waals surface area contributed by atoms with E-state index in [1.807, 2.05) is 92.8 Å². The molecule has 15 heteroatoms. The molecule has 1 amide bonds. The highest BCUT2D eigenvalue weighted by atomic mass is 28.4. The summed E-state index contributed by atoms with van der Waals surface area (Å²) in [7, 11) is -3.00. The Labute approximate surface area is 333 Å². The summed E-state index contributed by atoms with van der Waals surface area (Å²) in [5, 5.41) is 29.3. The molecule has 14 nitrogen and oxygen atoms in total. The van der Waals surface area contributed by atoms with Gasteiger partial charge in [0.15, 0.2) is 13.9 Å². The fourth-order valence-electron chi connectivity index (χ4n) is 9.08. The maximum absolute atomic E-state index is 15.3. The molecule has 2 aliphatic rings. The molecule has 5 heterocycles. The van der Waals surface area contributed by atoms with Crippen LogP contribution in [-0.4, -0.2) is 71.4 Å². The van der Waals surface area contributed by atoms with E-state index >= 15 is 4.79 Å². The highest BCUT2D eigenvalue weighted by Gasteiger charge is 2.66. The summed E-state index contributed by atoms with van der Waals surface area (Å²) in [5.41, 5.74) is 1.24. The SMILES string of the molecule is C[C@H]1[C@H]([Si](C)(C)O)[C@@H](CCn2cc(CCO)nn2)O[C@]12C(=O)N(Cc1cccc(-n3ncc4ccccc4c3=O)c1)c1ccc(-n3ncc4ccccc4c3=O)cc12. The molecular weight excluding hydrogens is 753 g/mol. The number of fused-ring (bicyclic) bond motifs is 4. The van der Waals surface area contributed by atoms with Gasteiger partial charge in [0.1, 0.15) is 0 Å². The predicted molar refractivity (Wildman–Crippen MR) is 220 cm³/mol. The van der Waals surface area contributed by atoms with E-state index in [-0.39, 0.29) is 35.7 Å². The molecule has 3 aromatic heterocycles. The fourth-order valence-corrected chi connectivity index (χ4v) is 11.7. The Morgan fingerprint density at radius 2 is 1.48 bits per heavy atom. The number of carbonyl (C=O) groups is 1. The molecule has 1 spiro atoms. The molecule has 9 rings (SSSR count). The van der Waals surface area contributed by atoms with Crippen LogP contribution < -0.4 is 16.0 Å². The Morgan fingerprint density at radius 3 is 2.14 bits per heavy atom. The summed E-state index contributed by atoms with van der Waals surface area (Å²) in [4.78, 5) is 56.3. The summed E-state index contributed by atoms with van der Waals surface area (Å²) in [5.74, 6) is -0.751. The van der Waals surface area contributed by atoms with Gasteiger partial charge in [0.25, 0.3) is 17.0 Å². The first-order valence-electron chi connectivity index (χ1n) is 19.4. The lowest BCUT2D eigenvalue weighted by atomic mass is 9.82. The Balaban J connectivity index is 1.14. The Hall–Kier alpha value is -6.13. The van der Waals surface area contributed by atoms with Crippen LogP contribution in [0.1, 0.15) is 30.2 Å². The van der Waals surface area contributed by atoms with Crippen LogP contribution in [0.2, 0.25) is 18.6 Å². The van der Waals surface area contributed by atoms with Crippen molar-refractivity contribution in [3.8, 4) is 11.4 Å².